The van der Waals surface area contributed by atoms with Crippen molar-refractivity contribution < 1.29 is 19.1 Å². The van der Waals surface area contributed by atoms with E-state index in [-0.39, 0.29) is 30.4 Å². The first-order valence-electron chi connectivity index (χ1n) is 8.87. The highest BCUT2D eigenvalue weighted by atomic mass is 32.1. The number of carbonyl (C=O) groups is 2. The number of carboxylic acid groups (broad SMARTS) is 1. The van der Waals surface area contributed by atoms with Crippen LogP contribution in [0.4, 0.5) is 0 Å². The second-order valence-corrected chi connectivity index (χ2v) is 7.70. The number of nitrogens with zero attached hydrogens (tertiary/aromatic N) is 1. The van der Waals surface area contributed by atoms with Crippen molar-refractivity contribution in [1.29, 1.82) is 0 Å². The fourth-order valence-corrected chi connectivity index (χ4v) is 4.22. The van der Waals surface area contributed by atoms with Crippen LogP contribution < -0.4 is 15.2 Å². The molecule has 0 aliphatic heterocycles. The Kier molecular flexibility index (Phi) is 5.08. The molecule has 6 nitrogen and oxygen atoms in total. The summed E-state index contributed by atoms with van der Waals surface area (Å²) in [5.41, 5.74) is 2.09. The molecular formula is C21H18N2O4S. The molecule has 1 aliphatic rings. The first-order valence-corrected chi connectivity index (χ1v) is 9.69. The summed E-state index contributed by atoms with van der Waals surface area (Å²) >= 11 is 1.53. The largest absolute Gasteiger partial charge is 0.478 e. The molecule has 0 radical (unpaired) electrons. The zero-order chi connectivity index (χ0) is 19.5. The molecule has 0 fully saturated rings. The Morgan fingerprint density at radius 3 is 3.00 bits per heavy atom. The van der Waals surface area contributed by atoms with Crippen molar-refractivity contribution in [3.63, 3.8) is 0 Å². The van der Waals surface area contributed by atoms with Crippen LogP contribution in [0.25, 0.3) is 12.2 Å². The number of carbonyl (C=O) groups excluding carboxylic acids is 1. The number of rotatable bonds is 6. The fraction of sp³-hybridized carbons (Fsp3) is 0.190. The second-order valence-electron chi connectivity index (χ2n) is 6.59. The van der Waals surface area contributed by atoms with Gasteiger partial charge in [-0.1, -0.05) is 24.3 Å². The first-order chi connectivity index (χ1) is 13.6. The van der Waals surface area contributed by atoms with Crippen molar-refractivity contribution in [3.8, 4) is 0 Å². The molecule has 0 spiro atoms. The van der Waals surface area contributed by atoms with E-state index in [1.165, 1.54) is 17.4 Å². The lowest BCUT2D eigenvalue weighted by atomic mass is 9.96. The van der Waals surface area contributed by atoms with E-state index in [0.29, 0.717) is 0 Å². The van der Waals surface area contributed by atoms with Gasteiger partial charge in [0.1, 0.15) is 5.01 Å². The summed E-state index contributed by atoms with van der Waals surface area (Å²) in [6, 6.07) is 8.51. The second kappa shape index (κ2) is 7.82. The van der Waals surface area contributed by atoms with E-state index in [2.05, 4.69) is 22.5 Å². The molecule has 0 bridgehead atoms. The minimum Gasteiger partial charge on any atom is -0.478 e. The zero-order valence-electron chi connectivity index (χ0n) is 14.9. The van der Waals surface area contributed by atoms with Gasteiger partial charge in [-0.05, 0) is 35.7 Å². The average Bonchev–Trinajstić information content (AvgIpc) is 3.35. The van der Waals surface area contributed by atoms with Gasteiger partial charge < -0.3 is 14.8 Å². The van der Waals surface area contributed by atoms with E-state index in [1.54, 1.807) is 30.7 Å². The Bertz CT molecular complexity index is 1130. The summed E-state index contributed by atoms with van der Waals surface area (Å²) in [5.74, 6) is -0.851. The Morgan fingerprint density at radius 1 is 1.32 bits per heavy atom. The molecular weight excluding hydrogens is 376 g/mol. The van der Waals surface area contributed by atoms with Crippen molar-refractivity contribution >= 4 is 35.4 Å². The van der Waals surface area contributed by atoms with Crippen molar-refractivity contribution in [3.05, 3.63) is 74.4 Å². The van der Waals surface area contributed by atoms with Crippen molar-refractivity contribution in [1.82, 2.24) is 10.3 Å². The number of fused-ring (bicyclic) bond motifs is 1. The third kappa shape index (κ3) is 4.04. The zero-order valence-corrected chi connectivity index (χ0v) is 15.7. The van der Waals surface area contributed by atoms with Crippen LogP contribution in [-0.4, -0.2) is 22.0 Å². The molecule has 1 amide bonds. The number of hydrogen-bond donors (Lipinski definition) is 2. The van der Waals surface area contributed by atoms with Crippen LogP contribution >= 0.6 is 11.3 Å². The van der Waals surface area contributed by atoms with E-state index >= 15 is 0 Å². The summed E-state index contributed by atoms with van der Waals surface area (Å²) in [6.45, 7) is 0.284. The van der Waals surface area contributed by atoms with Crippen molar-refractivity contribution in [2.45, 2.75) is 25.3 Å². The van der Waals surface area contributed by atoms with Crippen LogP contribution in [0.1, 0.15) is 38.8 Å². The molecule has 1 atom stereocenters. The molecule has 1 aromatic carbocycles. The van der Waals surface area contributed by atoms with Gasteiger partial charge in [-0.2, -0.15) is 0 Å². The third-order valence-corrected chi connectivity index (χ3v) is 5.63. The molecule has 0 saturated carbocycles. The molecule has 0 saturated heterocycles. The number of thiazole rings is 1. The van der Waals surface area contributed by atoms with Gasteiger partial charge in [0.15, 0.2) is 0 Å². The Morgan fingerprint density at radius 2 is 2.21 bits per heavy atom. The van der Waals surface area contributed by atoms with Gasteiger partial charge in [-0.3, -0.25) is 4.79 Å². The fourth-order valence-electron chi connectivity index (χ4n) is 3.16. The molecule has 1 aliphatic carbocycles. The third-order valence-electron chi connectivity index (χ3n) is 4.59. The maximum atomic E-state index is 12.3. The lowest BCUT2D eigenvalue weighted by Gasteiger charge is -2.08. The molecule has 1 unspecified atom stereocenters. The maximum absolute atomic E-state index is 12.3. The van der Waals surface area contributed by atoms with E-state index < -0.39 is 5.97 Å². The summed E-state index contributed by atoms with van der Waals surface area (Å²) in [5, 5.41) is 13.6. The number of hydrogen-bond acceptors (Lipinski definition) is 5. The number of furan rings is 1. The van der Waals surface area contributed by atoms with Crippen LogP contribution in [0.5, 0.6) is 0 Å². The van der Waals surface area contributed by atoms with Crippen LogP contribution in [-0.2, 0) is 17.8 Å². The van der Waals surface area contributed by atoms with Crippen molar-refractivity contribution in [2.75, 3.05) is 0 Å². The summed E-state index contributed by atoms with van der Waals surface area (Å²) in [7, 11) is 0. The predicted octanol–water partition coefficient (Wildman–Crippen LogP) is 2.04. The molecule has 2 N–H and O–H groups in total. The standard InChI is InChI=1S/C21H18N2O4S/c24-19(22-11-13-2-1-3-15(8-13)21(25)26)10-20-23-17-5-4-14(9-18(17)28-20)16-6-7-27-12-16/h1-3,5-9,12,14H,4,10-11H2,(H,22,24)(H,25,26). The number of aromatic carboxylic acids is 1. The van der Waals surface area contributed by atoms with Crippen LogP contribution in [0.15, 0.2) is 47.3 Å². The number of amides is 1. The highest BCUT2D eigenvalue weighted by Crippen LogP contribution is 2.23. The topological polar surface area (TPSA) is 92.4 Å². The molecule has 142 valence electrons. The lowest BCUT2D eigenvalue weighted by Crippen LogP contribution is -2.26. The van der Waals surface area contributed by atoms with Gasteiger partial charge in [-0.15, -0.1) is 11.3 Å². The predicted molar refractivity (Wildman–Crippen MR) is 105 cm³/mol. The normalized spacial score (nSPS) is 15.2. The van der Waals surface area contributed by atoms with E-state index in [9.17, 15) is 9.59 Å². The summed E-state index contributed by atoms with van der Waals surface area (Å²) in [4.78, 5) is 27.9. The molecule has 4 rings (SSSR count). The molecule has 28 heavy (non-hydrogen) atoms. The van der Waals surface area contributed by atoms with Crippen LogP contribution in [0, 0.1) is 0 Å². The summed E-state index contributed by atoms with van der Waals surface area (Å²) < 4.78 is 6.24. The van der Waals surface area contributed by atoms with E-state index in [0.717, 1.165) is 32.4 Å². The van der Waals surface area contributed by atoms with E-state index in [4.69, 9.17) is 9.52 Å². The van der Waals surface area contributed by atoms with Crippen LogP contribution in [0.2, 0.25) is 0 Å². The van der Waals surface area contributed by atoms with E-state index in [1.807, 2.05) is 6.07 Å². The Labute approximate surface area is 164 Å². The minimum absolute atomic E-state index is 0.141. The quantitative estimate of drug-likeness (QED) is 0.668. The van der Waals surface area contributed by atoms with Gasteiger partial charge in [0.2, 0.25) is 5.91 Å². The summed E-state index contributed by atoms with van der Waals surface area (Å²) in [6.07, 6.45) is 8.77. The van der Waals surface area contributed by atoms with Crippen LogP contribution in [0.3, 0.4) is 0 Å². The minimum atomic E-state index is -0.984. The highest BCUT2D eigenvalue weighted by molar-refractivity contribution is 7.09. The number of carboxylic acids is 1. The lowest BCUT2D eigenvalue weighted by molar-refractivity contribution is -0.120. The number of benzene rings is 1. The van der Waals surface area contributed by atoms with Gasteiger partial charge in [0.25, 0.3) is 0 Å². The molecule has 3 aromatic rings. The SMILES string of the molecule is O=C(Cc1nc2c(s1)=CC(c1ccoc1)CC=2)NCc1cccc(C(=O)O)c1. The monoisotopic (exact) mass is 394 g/mol. The Balaban J connectivity index is 1.40. The van der Waals surface area contributed by atoms with Gasteiger partial charge in [0.05, 0.1) is 34.4 Å². The Hall–Kier alpha value is -3.19. The highest BCUT2D eigenvalue weighted by Gasteiger charge is 2.15. The maximum Gasteiger partial charge on any atom is 0.335 e. The number of nitrogens with one attached hydrogen (secondary N) is 1. The van der Waals surface area contributed by atoms with Crippen molar-refractivity contribution in [2.24, 2.45) is 0 Å². The van der Waals surface area contributed by atoms with Gasteiger partial charge in [0, 0.05) is 12.5 Å². The smallest absolute Gasteiger partial charge is 0.335 e. The molecule has 2 aromatic heterocycles. The van der Waals surface area contributed by atoms with Gasteiger partial charge >= 0.3 is 5.97 Å². The van der Waals surface area contributed by atoms with Gasteiger partial charge in [-0.25, -0.2) is 9.78 Å². The number of aromatic nitrogens is 1. The average molecular weight is 394 g/mol. The molecule has 7 heteroatoms. The first kappa shape index (κ1) is 18.2. The molecule has 2 heterocycles.